The van der Waals surface area contributed by atoms with Crippen molar-refractivity contribution in [1.29, 1.82) is 0 Å². The Hall–Kier alpha value is -1.00. The summed E-state index contributed by atoms with van der Waals surface area (Å²) in [5, 5.41) is 3.33. The highest BCUT2D eigenvalue weighted by molar-refractivity contribution is 5.10. The first kappa shape index (κ1) is 13.4. The van der Waals surface area contributed by atoms with Gasteiger partial charge in [-0.15, -0.1) is 0 Å². The van der Waals surface area contributed by atoms with E-state index in [9.17, 15) is 0 Å². The average Bonchev–Trinajstić information content (AvgIpc) is 2.52. The topological polar surface area (TPSA) is 41.0 Å². The molecule has 1 fully saturated rings. The van der Waals surface area contributed by atoms with Crippen molar-refractivity contribution < 1.29 is 0 Å². The molecule has 0 aliphatic carbocycles. The van der Waals surface area contributed by atoms with Gasteiger partial charge in [-0.25, -0.2) is 9.97 Å². The summed E-state index contributed by atoms with van der Waals surface area (Å²) >= 11 is 0. The van der Waals surface area contributed by atoms with E-state index in [-0.39, 0.29) is 0 Å². The highest BCUT2D eigenvalue weighted by Crippen LogP contribution is 2.32. The maximum atomic E-state index is 4.64. The number of aromatic nitrogens is 2. The van der Waals surface area contributed by atoms with Crippen molar-refractivity contribution in [2.24, 2.45) is 5.92 Å². The Balaban J connectivity index is 2.28. The molecule has 2 rings (SSSR count). The van der Waals surface area contributed by atoms with Crippen molar-refractivity contribution in [1.82, 2.24) is 20.2 Å². The van der Waals surface area contributed by atoms with Gasteiger partial charge in [0.25, 0.3) is 0 Å². The molecule has 1 saturated heterocycles. The molecular formula is C14H24N4. The minimum Gasteiger partial charge on any atom is -0.319 e. The normalized spacial score (nSPS) is 25.9. The summed E-state index contributed by atoms with van der Waals surface area (Å²) in [4.78, 5) is 11.3. The second kappa shape index (κ2) is 6.25. The van der Waals surface area contributed by atoms with E-state index >= 15 is 0 Å². The first-order valence-electron chi connectivity index (χ1n) is 6.86. The summed E-state index contributed by atoms with van der Waals surface area (Å²) in [5.41, 5.74) is 1.17. The number of rotatable bonds is 3. The molecule has 100 valence electrons. The molecule has 2 heterocycles. The summed E-state index contributed by atoms with van der Waals surface area (Å²) in [6.07, 6.45) is 5.76. The first-order chi connectivity index (χ1) is 8.72. The van der Waals surface area contributed by atoms with E-state index in [4.69, 9.17) is 0 Å². The van der Waals surface area contributed by atoms with Crippen molar-refractivity contribution in [3.63, 3.8) is 0 Å². The number of aryl methyl sites for hydroxylation is 1. The molecule has 1 N–H and O–H groups in total. The van der Waals surface area contributed by atoms with Crippen molar-refractivity contribution in [2.75, 3.05) is 27.2 Å². The molecule has 0 amide bonds. The van der Waals surface area contributed by atoms with E-state index in [0.29, 0.717) is 12.0 Å². The quantitative estimate of drug-likeness (QED) is 0.885. The highest BCUT2D eigenvalue weighted by atomic mass is 15.2. The average molecular weight is 248 g/mol. The number of nitrogens with one attached hydrogen (secondary N) is 1. The molecular weight excluding hydrogens is 224 g/mol. The zero-order valence-corrected chi connectivity index (χ0v) is 11.7. The predicted molar refractivity (Wildman–Crippen MR) is 73.4 cm³/mol. The van der Waals surface area contributed by atoms with E-state index in [1.165, 1.54) is 25.0 Å². The van der Waals surface area contributed by atoms with Gasteiger partial charge in [-0.05, 0) is 58.9 Å². The Morgan fingerprint density at radius 2 is 2.28 bits per heavy atom. The number of likely N-dealkylation sites (tertiary alicyclic amines) is 1. The Morgan fingerprint density at radius 1 is 1.44 bits per heavy atom. The largest absolute Gasteiger partial charge is 0.319 e. The van der Waals surface area contributed by atoms with Crippen molar-refractivity contribution in [3.05, 3.63) is 23.8 Å². The van der Waals surface area contributed by atoms with E-state index in [2.05, 4.69) is 33.3 Å². The van der Waals surface area contributed by atoms with Crippen LogP contribution >= 0.6 is 0 Å². The van der Waals surface area contributed by atoms with E-state index in [1.807, 2.05) is 20.2 Å². The Kier molecular flexibility index (Phi) is 4.66. The Morgan fingerprint density at radius 3 is 3.00 bits per heavy atom. The summed E-state index contributed by atoms with van der Waals surface area (Å²) in [7, 11) is 4.25. The lowest BCUT2D eigenvalue weighted by atomic mass is 9.92. The zero-order chi connectivity index (χ0) is 13.0. The lowest BCUT2D eigenvalue weighted by molar-refractivity contribution is 0.186. The first-order valence-corrected chi connectivity index (χ1v) is 6.86. The molecule has 1 aliphatic heterocycles. The Bertz CT molecular complexity index is 380. The van der Waals surface area contributed by atoms with Crippen molar-refractivity contribution in [3.8, 4) is 0 Å². The lowest BCUT2D eigenvalue weighted by Gasteiger charge is -2.32. The molecule has 1 aliphatic rings. The van der Waals surface area contributed by atoms with Crippen molar-refractivity contribution in [2.45, 2.75) is 32.2 Å². The van der Waals surface area contributed by atoms with E-state index in [0.717, 1.165) is 18.9 Å². The minimum absolute atomic E-state index is 0.418. The van der Waals surface area contributed by atoms with Crippen LogP contribution in [0.5, 0.6) is 0 Å². The van der Waals surface area contributed by atoms with Gasteiger partial charge < -0.3 is 5.32 Å². The van der Waals surface area contributed by atoms with Crippen molar-refractivity contribution >= 4 is 0 Å². The Labute approximate surface area is 110 Å². The second-order valence-corrected chi connectivity index (χ2v) is 5.27. The maximum absolute atomic E-state index is 4.64. The zero-order valence-electron chi connectivity index (χ0n) is 11.7. The van der Waals surface area contributed by atoms with Crippen LogP contribution in [0.15, 0.2) is 12.3 Å². The van der Waals surface area contributed by atoms with E-state index in [1.54, 1.807) is 0 Å². The molecule has 1 aromatic heterocycles. The van der Waals surface area contributed by atoms with Gasteiger partial charge in [-0.2, -0.15) is 0 Å². The fourth-order valence-corrected chi connectivity index (χ4v) is 3.01. The van der Waals surface area contributed by atoms with Crippen LogP contribution < -0.4 is 5.32 Å². The third-order valence-corrected chi connectivity index (χ3v) is 3.82. The van der Waals surface area contributed by atoms with Gasteiger partial charge in [0.05, 0.1) is 11.7 Å². The van der Waals surface area contributed by atoms with Crippen LogP contribution in [0.25, 0.3) is 0 Å². The smallest absolute Gasteiger partial charge is 0.125 e. The monoisotopic (exact) mass is 248 g/mol. The van der Waals surface area contributed by atoms with Crippen LogP contribution in [0, 0.1) is 12.8 Å². The molecule has 0 saturated carbocycles. The van der Waals surface area contributed by atoms with Gasteiger partial charge >= 0.3 is 0 Å². The summed E-state index contributed by atoms with van der Waals surface area (Å²) in [6, 6.07) is 2.49. The third-order valence-electron chi connectivity index (χ3n) is 3.82. The SMILES string of the molecule is CNCC1CCCCN(C)C1c1ccnc(C)n1. The molecule has 2 unspecified atom stereocenters. The van der Waals surface area contributed by atoms with Crippen LogP contribution in [-0.4, -0.2) is 42.1 Å². The number of hydrogen-bond acceptors (Lipinski definition) is 4. The van der Waals surface area contributed by atoms with Crippen LogP contribution in [-0.2, 0) is 0 Å². The fourth-order valence-electron chi connectivity index (χ4n) is 3.01. The van der Waals surface area contributed by atoms with Gasteiger partial charge in [-0.3, -0.25) is 4.90 Å². The van der Waals surface area contributed by atoms with Gasteiger partial charge in [0.15, 0.2) is 0 Å². The van der Waals surface area contributed by atoms with Crippen LogP contribution in [0.3, 0.4) is 0 Å². The molecule has 0 radical (unpaired) electrons. The van der Waals surface area contributed by atoms with Crippen LogP contribution in [0.1, 0.15) is 36.8 Å². The number of hydrogen-bond donors (Lipinski definition) is 1. The highest BCUT2D eigenvalue weighted by Gasteiger charge is 2.29. The summed E-state index contributed by atoms with van der Waals surface area (Å²) in [5.74, 6) is 1.50. The number of nitrogens with zero attached hydrogens (tertiary/aromatic N) is 3. The minimum atomic E-state index is 0.418. The maximum Gasteiger partial charge on any atom is 0.125 e. The standard InChI is InChI=1S/C14H24N4/c1-11-16-8-7-13(17-11)14-12(10-15-2)6-4-5-9-18(14)3/h7-8,12,14-15H,4-6,9-10H2,1-3H3. The van der Waals surface area contributed by atoms with Gasteiger partial charge in [0.2, 0.25) is 0 Å². The summed E-state index contributed by atoms with van der Waals surface area (Å²) < 4.78 is 0. The predicted octanol–water partition coefficient (Wildman–Crippen LogP) is 1.78. The molecule has 1 aromatic rings. The lowest BCUT2D eigenvalue weighted by Crippen LogP contribution is -2.34. The third kappa shape index (κ3) is 3.06. The fraction of sp³-hybridized carbons (Fsp3) is 0.714. The van der Waals surface area contributed by atoms with Gasteiger partial charge in [0.1, 0.15) is 5.82 Å². The molecule has 2 atom stereocenters. The summed E-state index contributed by atoms with van der Waals surface area (Å²) in [6.45, 7) is 4.18. The molecule has 0 aromatic carbocycles. The van der Waals surface area contributed by atoms with Crippen LogP contribution in [0.4, 0.5) is 0 Å². The molecule has 4 nitrogen and oxygen atoms in total. The molecule has 0 spiro atoms. The van der Waals surface area contributed by atoms with E-state index < -0.39 is 0 Å². The molecule has 18 heavy (non-hydrogen) atoms. The second-order valence-electron chi connectivity index (χ2n) is 5.27. The van der Waals surface area contributed by atoms with Gasteiger partial charge in [0, 0.05) is 6.20 Å². The van der Waals surface area contributed by atoms with Crippen LogP contribution in [0.2, 0.25) is 0 Å². The van der Waals surface area contributed by atoms with Gasteiger partial charge in [-0.1, -0.05) is 6.42 Å². The molecule has 4 heteroatoms. The molecule has 0 bridgehead atoms.